The molecule has 0 aliphatic rings. The molecule has 0 aliphatic heterocycles. The van der Waals surface area contributed by atoms with Crippen LogP contribution in [0.3, 0.4) is 0 Å². The van der Waals surface area contributed by atoms with E-state index in [-0.39, 0.29) is 11.9 Å². The summed E-state index contributed by atoms with van der Waals surface area (Å²) in [5, 5.41) is 3.80. The molecule has 0 fully saturated rings. The minimum absolute atomic E-state index is 0.0160. The number of hydrazine groups is 1. The number of carbonyl (C=O) groups is 1. The highest BCUT2D eigenvalue weighted by Crippen LogP contribution is 2.38. The first-order chi connectivity index (χ1) is 15.5. The van der Waals surface area contributed by atoms with Crippen LogP contribution in [-0.2, 0) is 23.6 Å². The Labute approximate surface area is 182 Å². The Balaban J connectivity index is 1.64. The van der Waals surface area contributed by atoms with E-state index in [4.69, 9.17) is 0 Å². The van der Waals surface area contributed by atoms with E-state index >= 15 is 0 Å². The van der Waals surface area contributed by atoms with Gasteiger partial charge in [-0.2, -0.15) is 26.3 Å². The average molecular weight is 471 g/mol. The lowest BCUT2D eigenvalue weighted by atomic mass is 10.0. The van der Waals surface area contributed by atoms with E-state index in [1.807, 2.05) is 0 Å². The fourth-order valence-electron chi connectivity index (χ4n) is 2.55. The lowest BCUT2D eigenvalue weighted by molar-refractivity contribution is -0.143. The van der Waals surface area contributed by atoms with E-state index in [9.17, 15) is 31.1 Å². The van der Waals surface area contributed by atoms with Crippen molar-refractivity contribution in [2.75, 3.05) is 6.54 Å². The number of nitrogens with one attached hydrogen (secondary N) is 2. The van der Waals surface area contributed by atoms with Crippen LogP contribution in [0, 0.1) is 0 Å². The highest BCUT2D eigenvalue weighted by Gasteiger charge is 2.37. The number of carbonyl (C=O) groups excluding carboxylic acids is 1. The smallest absolute Gasteiger partial charge is 0.288 e. The van der Waals surface area contributed by atoms with Gasteiger partial charge in [0, 0.05) is 49.4 Å². The first-order valence-corrected chi connectivity index (χ1v) is 9.19. The number of halogens is 6. The summed E-state index contributed by atoms with van der Waals surface area (Å²) in [6.45, 7) is 0.364. The molecule has 33 heavy (non-hydrogen) atoms. The number of nitrogens with zero attached hydrogens (tertiary/aromatic N) is 5. The van der Waals surface area contributed by atoms with Crippen LogP contribution >= 0.6 is 0 Å². The fourth-order valence-corrected chi connectivity index (χ4v) is 2.55. The maximum Gasteiger partial charge on any atom is 0.416 e. The van der Waals surface area contributed by atoms with Gasteiger partial charge in [-0.1, -0.05) is 0 Å². The number of aromatic nitrogens is 5. The van der Waals surface area contributed by atoms with Crippen molar-refractivity contribution in [1.82, 2.24) is 35.6 Å². The highest BCUT2D eigenvalue weighted by atomic mass is 19.4. The van der Waals surface area contributed by atoms with Crippen LogP contribution in [0.25, 0.3) is 17.6 Å². The second-order valence-corrected chi connectivity index (χ2v) is 6.52. The molecule has 0 aliphatic carbocycles. The summed E-state index contributed by atoms with van der Waals surface area (Å²) in [5.41, 5.74) is 2.32. The van der Waals surface area contributed by atoms with E-state index in [0.29, 0.717) is 30.8 Å². The SMILES string of the molecule is O=C(/C=C\n1cnc(-c2cc(C(F)(F)F)cc(C(F)(F)F)c2)n1)NNCCc1cnccn1. The van der Waals surface area contributed by atoms with E-state index in [1.54, 1.807) is 6.20 Å². The van der Waals surface area contributed by atoms with Gasteiger partial charge in [0.15, 0.2) is 5.82 Å². The monoisotopic (exact) mass is 471 g/mol. The second kappa shape index (κ2) is 9.77. The number of benzene rings is 1. The molecule has 0 spiro atoms. The molecule has 0 saturated heterocycles. The zero-order chi connectivity index (χ0) is 24.1. The van der Waals surface area contributed by atoms with Gasteiger partial charge < -0.3 is 0 Å². The Kier molecular flexibility index (Phi) is 7.06. The molecule has 0 bridgehead atoms. The topological polar surface area (TPSA) is 97.6 Å². The molecule has 1 aromatic carbocycles. The molecule has 3 aromatic rings. The van der Waals surface area contributed by atoms with Crippen LogP contribution < -0.4 is 10.9 Å². The van der Waals surface area contributed by atoms with Crippen molar-refractivity contribution in [3.8, 4) is 11.4 Å². The van der Waals surface area contributed by atoms with Gasteiger partial charge in [0.1, 0.15) is 6.33 Å². The molecule has 174 valence electrons. The van der Waals surface area contributed by atoms with Crippen molar-refractivity contribution in [2.45, 2.75) is 18.8 Å². The second-order valence-electron chi connectivity index (χ2n) is 6.52. The quantitative estimate of drug-likeness (QED) is 0.238. The van der Waals surface area contributed by atoms with Crippen molar-refractivity contribution < 1.29 is 31.1 Å². The lowest BCUT2D eigenvalue weighted by Gasteiger charge is -2.13. The molecule has 1 amide bonds. The number of rotatable bonds is 7. The summed E-state index contributed by atoms with van der Waals surface area (Å²) in [6.07, 6.45) is -1.63. The molecular weight excluding hydrogens is 456 g/mol. The molecule has 3 rings (SSSR count). The third-order valence-corrected chi connectivity index (χ3v) is 4.07. The van der Waals surface area contributed by atoms with Crippen molar-refractivity contribution >= 4 is 12.1 Å². The molecule has 8 nitrogen and oxygen atoms in total. The summed E-state index contributed by atoms with van der Waals surface area (Å²) in [4.78, 5) is 23.5. The third kappa shape index (κ3) is 6.83. The summed E-state index contributed by atoms with van der Waals surface area (Å²) in [7, 11) is 0. The van der Waals surface area contributed by atoms with E-state index in [1.165, 1.54) is 12.4 Å². The predicted octanol–water partition coefficient (Wildman–Crippen LogP) is 3.11. The highest BCUT2D eigenvalue weighted by molar-refractivity contribution is 5.89. The van der Waals surface area contributed by atoms with Crippen LogP contribution in [0.2, 0.25) is 0 Å². The normalized spacial score (nSPS) is 12.3. The standard InChI is InChI=1S/C19H15F6N7O/c20-18(21,22)13-7-12(8-14(9-13)19(23,24)25)17-28-11-32(31-17)6-2-16(33)30-29-3-1-15-10-26-4-5-27-15/h2,4-11,29H,1,3H2,(H,30,33)/b6-2-. The van der Waals surface area contributed by atoms with Gasteiger partial charge in [-0.05, 0) is 18.2 Å². The Morgan fingerprint density at radius 2 is 1.70 bits per heavy atom. The molecule has 0 unspecified atom stereocenters. The van der Waals surface area contributed by atoms with E-state index in [0.717, 1.165) is 23.3 Å². The first kappa shape index (κ1) is 23.8. The van der Waals surface area contributed by atoms with Gasteiger partial charge in [-0.3, -0.25) is 20.2 Å². The molecule has 2 aromatic heterocycles. The molecule has 2 N–H and O–H groups in total. The van der Waals surface area contributed by atoms with Gasteiger partial charge in [-0.25, -0.2) is 15.1 Å². The Hall–Kier alpha value is -3.81. The first-order valence-electron chi connectivity index (χ1n) is 9.19. The summed E-state index contributed by atoms with van der Waals surface area (Å²) >= 11 is 0. The van der Waals surface area contributed by atoms with Crippen LogP contribution in [0.1, 0.15) is 16.8 Å². The van der Waals surface area contributed by atoms with E-state index < -0.39 is 35.0 Å². The molecular formula is C19H15F6N7O. The Morgan fingerprint density at radius 1 is 1.00 bits per heavy atom. The van der Waals surface area contributed by atoms with Gasteiger partial charge in [0.2, 0.25) is 0 Å². The van der Waals surface area contributed by atoms with Crippen LogP contribution in [0.4, 0.5) is 26.3 Å². The van der Waals surface area contributed by atoms with Crippen LogP contribution in [0.5, 0.6) is 0 Å². The Morgan fingerprint density at radius 3 is 2.30 bits per heavy atom. The Bertz CT molecular complexity index is 1090. The molecule has 0 saturated carbocycles. The summed E-state index contributed by atoms with van der Waals surface area (Å²) in [6, 6.07) is 1.06. The zero-order valence-corrected chi connectivity index (χ0v) is 16.5. The number of hydrogen-bond donors (Lipinski definition) is 2. The fraction of sp³-hybridized carbons (Fsp3) is 0.211. The summed E-state index contributed by atoms with van der Waals surface area (Å²) < 4.78 is 79.0. The number of amides is 1. The maximum atomic E-state index is 13.0. The van der Waals surface area contributed by atoms with E-state index in [2.05, 4.69) is 30.9 Å². The van der Waals surface area contributed by atoms with Gasteiger partial charge >= 0.3 is 12.4 Å². The summed E-state index contributed by atoms with van der Waals surface area (Å²) in [5.74, 6) is -0.955. The van der Waals surface area contributed by atoms with Gasteiger partial charge in [0.25, 0.3) is 5.91 Å². The molecule has 0 radical (unpaired) electrons. The third-order valence-electron chi connectivity index (χ3n) is 4.07. The van der Waals surface area contributed by atoms with Gasteiger partial charge in [0.05, 0.1) is 16.8 Å². The van der Waals surface area contributed by atoms with Crippen molar-refractivity contribution in [3.05, 3.63) is 66.0 Å². The number of alkyl halides is 6. The zero-order valence-electron chi connectivity index (χ0n) is 16.5. The largest absolute Gasteiger partial charge is 0.416 e. The predicted molar refractivity (Wildman–Crippen MR) is 103 cm³/mol. The molecule has 0 atom stereocenters. The minimum Gasteiger partial charge on any atom is -0.288 e. The van der Waals surface area contributed by atoms with Gasteiger partial charge in [-0.15, -0.1) is 5.10 Å². The van der Waals surface area contributed by atoms with Crippen LogP contribution in [-0.4, -0.2) is 37.2 Å². The molecule has 14 heteroatoms. The lowest BCUT2D eigenvalue weighted by Crippen LogP contribution is -2.37. The van der Waals surface area contributed by atoms with Crippen molar-refractivity contribution in [3.63, 3.8) is 0 Å². The minimum atomic E-state index is -4.99. The van der Waals surface area contributed by atoms with Crippen LogP contribution in [0.15, 0.2) is 49.2 Å². The molecule has 2 heterocycles. The van der Waals surface area contributed by atoms with Crippen molar-refractivity contribution in [2.24, 2.45) is 0 Å². The number of hydrogen-bond acceptors (Lipinski definition) is 6. The maximum absolute atomic E-state index is 13.0. The average Bonchev–Trinajstić information content (AvgIpc) is 3.24. The van der Waals surface area contributed by atoms with Crippen molar-refractivity contribution in [1.29, 1.82) is 0 Å².